The number of hydrogen-bond acceptors (Lipinski definition) is 3. The van der Waals surface area contributed by atoms with Crippen LogP contribution in [0.5, 0.6) is 0 Å². The number of nitrogens with zero attached hydrogens (tertiary/aromatic N) is 1. The van der Waals surface area contributed by atoms with Crippen molar-refractivity contribution in [3.05, 3.63) is 83.7 Å². The zero-order chi connectivity index (χ0) is 18.3. The summed E-state index contributed by atoms with van der Waals surface area (Å²) in [4.78, 5) is 19.9. The van der Waals surface area contributed by atoms with Gasteiger partial charge in [0.1, 0.15) is 11.5 Å². The molecular weight excluding hydrogens is 336 g/mol. The van der Waals surface area contributed by atoms with E-state index in [4.69, 9.17) is 5.73 Å². The monoisotopic (exact) mass is 349 g/mol. The van der Waals surface area contributed by atoms with E-state index in [2.05, 4.69) is 9.97 Å². The predicted molar refractivity (Wildman–Crippen MR) is 95.7 cm³/mol. The van der Waals surface area contributed by atoms with Crippen molar-refractivity contribution < 1.29 is 13.6 Å². The van der Waals surface area contributed by atoms with Crippen LogP contribution in [0.2, 0.25) is 0 Å². The fourth-order valence-electron chi connectivity index (χ4n) is 2.89. The topological polar surface area (TPSA) is 71.8 Å². The van der Waals surface area contributed by atoms with Gasteiger partial charge in [0, 0.05) is 28.9 Å². The maximum atomic E-state index is 14.2. The lowest BCUT2D eigenvalue weighted by atomic mass is 10.00. The Morgan fingerprint density at radius 3 is 2.58 bits per heavy atom. The Morgan fingerprint density at radius 2 is 1.81 bits per heavy atom. The second-order valence-electron chi connectivity index (χ2n) is 5.84. The standard InChI is InChI=1S/C20H13F2N3O/c21-15-6-7-16(23)18(22)17(15)19(26)14-10-25-20-13(14)8-12(9-24-20)11-4-2-1-3-5-11/h1-10H,23H2,(H,24,25). The number of aromatic nitrogens is 2. The maximum Gasteiger partial charge on any atom is 0.201 e. The number of ketones is 1. The lowest BCUT2D eigenvalue weighted by Gasteiger charge is -2.06. The number of carbonyl (C=O) groups excluding carboxylic acids is 1. The largest absolute Gasteiger partial charge is 0.396 e. The Labute approximate surface area is 147 Å². The van der Waals surface area contributed by atoms with Crippen LogP contribution in [0.3, 0.4) is 0 Å². The molecule has 2 aromatic carbocycles. The lowest BCUT2D eigenvalue weighted by Crippen LogP contribution is -2.09. The van der Waals surface area contributed by atoms with E-state index in [9.17, 15) is 13.6 Å². The second kappa shape index (κ2) is 6.07. The summed E-state index contributed by atoms with van der Waals surface area (Å²) >= 11 is 0. The molecule has 2 aromatic heterocycles. The highest BCUT2D eigenvalue weighted by Gasteiger charge is 2.23. The molecule has 0 saturated heterocycles. The van der Waals surface area contributed by atoms with Gasteiger partial charge in [-0.1, -0.05) is 30.3 Å². The molecule has 26 heavy (non-hydrogen) atoms. The SMILES string of the molecule is Nc1ccc(F)c(C(=O)c2c[nH]c3ncc(-c4ccccc4)cc23)c1F. The molecule has 0 aliphatic carbocycles. The molecule has 0 spiro atoms. The van der Waals surface area contributed by atoms with Crippen molar-refractivity contribution in [1.29, 1.82) is 0 Å². The second-order valence-corrected chi connectivity index (χ2v) is 5.84. The number of rotatable bonds is 3. The van der Waals surface area contributed by atoms with E-state index >= 15 is 0 Å². The van der Waals surface area contributed by atoms with Crippen molar-refractivity contribution in [1.82, 2.24) is 9.97 Å². The quantitative estimate of drug-likeness (QED) is 0.427. The van der Waals surface area contributed by atoms with Crippen LogP contribution in [0, 0.1) is 11.6 Å². The van der Waals surface area contributed by atoms with Gasteiger partial charge >= 0.3 is 0 Å². The van der Waals surface area contributed by atoms with Crippen LogP contribution in [-0.2, 0) is 0 Å². The van der Waals surface area contributed by atoms with Gasteiger partial charge in [0.25, 0.3) is 0 Å². The zero-order valence-electron chi connectivity index (χ0n) is 13.5. The number of aromatic amines is 1. The van der Waals surface area contributed by atoms with Gasteiger partial charge in [-0.2, -0.15) is 0 Å². The first-order valence-corrected chi connectivity index (χ1v) is 7.87. The van der Waals surface area contributed by atoms with Crippen LogP contribution < -0.4 is 5.73 Å². The van der Waals surface area contributed by atoms with Gasteiger partial charge in [-0.3, -0.25) is 4.79 Å². The number of halogens is 2. The van der Waals surface area contributed by atoms with Gasteiger partial charge < -0.3 is 10.7 Å². The van der Waals surface area contributed by atoms with Crippen molar-refractivity contribution >= 4 is 22.5 Å². The van der Waals surface area contributed by atoms with Crippen LogP contribution in [0.1, 0.15) is 15.9 Å². The number of anilines is 1. The normalized spacial score (nSPS) is 11.0. The van der Waals surface area contributed by atoms with Crippen molar-refractivity contribution in [2.45, 2.75) is 0 Å². The summed E-state index contributed by atoms with van der Waals surface area (Å²) < 4.78 is 28.3. The molecule has 0 amide bonds. The number of carbonyl (C=O) groups is 1. The molecule has 4 aromatic rings. The number of nitrogens with one attached hydrogen (secondary N) is 1. The van der Waals surface area contributed by atoms with Gasteiger partial charge in [0.15, 0.2) is 5.82 Å². The minimum atomic E-state index is -1.06. The van der Waals surface area contributed by atoms with Gasteiger partial charge in [-0.15, -0.1) is 0 Å². The van der Waals surface area contributed by atoms with Gasteiger partial charge in [-0.05, 0) is 23.8 Å². The molecule has 128 valence electrons. The summed E-state index contributed by atoms with van der Waals surface area (Å²) in [7, 11) is 0. The van der Waals surface area contributed by atoms with Gasteiger partial charge in [0.05, 0.1) is 11.3 Å². The third-order valence-corrected chi connectivity index (χ3v) is 4.23. The van der Waals surface area contributed by atoms with E-state index in [1.54, 1.807) is 12.3 Å². The maximum absolute atomic E-state index is 14.2. The lowest BCUT2D eigenvalue weighted by molar-refractivity contribution is 0.103. The summed E-state index contributed by atoms with van der Waals surface area (Å²) in [6.07, 6.45) is 3.07. The Balaban J connectivity index is 1.88. The van der Waals surface area contributed by atoms with Crippen LogP contribution in [0.4, 0.5) is 14.5 Å². The van der Waals surface area contributed by atoms with Crippen LogP contribution in [0.15, 0.2) is 60.9 Å². The van der Waals surface area contributed by atoms with Gasteiger partial charge in [0.2, 0.25) is 5.78 Å². The minimum absolute atomic E-state index is 0.133. The number of H-pyrrole nitrogens is 1. The third-order valence-electron chi connectivity index (χ3n) is 4.23. The first-order valence-electron chi connectivity index (χ1n) is 7.87. The zero-order valence-corrected chi connectivity index (χ0v) is 13.5. The summed E-state index contributed by atoms with van der Waals surface area (Å²) in [5.41, 5.74) is 6.83. The average molecular weight is 349 g/mol. The number of nitrogen functional groups attached to an aromatic ring is 1. The molecule has 0 aliphatic rings. The molecule has 0 bridgehead atoms. The minimum Gasteiger partial charge on any atom is -0.396 e. The summed E-state index contributed by atoms with van der Waals surface area (Å²) in [6, 6.07) is 13.3. The fourth-order valence-corrected chi connectivity index (χ4v) is 2.89. The average Bonchev–Trinajstić information content (AvgIpc) is 3.09. The summed E-state index contributed by atoms with van der Waals surface area (Å²) in [5, 5.41) is 0.484. The van der Waals surface area contributed by atoms with Crippen LogP contribution >= 0.6 is 0 Å². The van der Waals surface area contributed by atoms with Gasteiger partial charge in [-0.25, -0.2) is 13.8 Å². The first-order chi connectivity index (χ1) is 12.6. The molecule has 4 rings (SSSR count). The highest BCUT2D eigenvalue weighted by molar-refractivity contribution is 6.16. The molecular formula is C20H13F2N3O. The van der Waals surface area contributed by atoms with E-state index in [-0.39, 0.29) is 11.3 Å². The van der Waals surface area contributed by atoms with E-state index < -0.39 is 23.0 Å². The Bertz CT molecular complexity index is 1140. The molecule has 0 aliphatic heterocycles. The van der Waals surface area contributed by atoms with E-state index in [0.29, 0.717) is 11.0 Å². The van der Waals surface area contributed by atoms with Crippen molar-refractivity contribution in [3.8, 4) is 11.1 Å². The molecule has 0 atom stereocenters. The number of nitrogens with two attached hydrogens (primary N) is 1. The molecule has 0 unspecified atom stereocenters. The highest BCUT2D eigenvalue weighted by Crippen LogP contribution is 2.28. The van der Waals surface area contributed by atoms with Crippen LogP contribution in [-0.4, -0.2) is 15.8 Å². The summed E-state index contributed by atoms with van der Waals surface area (Å²) in [6.45, 7) is 0. The molecule has 6 heteroatoms. The van der Waals surface area contributed by atoms with Crippen molar-refractivity contribution in [2.24, 2.45) is 0 Å². The van der Waals surface area contributed by atoms with Crippen molar-refractivity contribution in [3.63, 3.8) is 0 Å². The predicted octanol–water partition coefficient (Wildman–Crippen LogP) is 4.32. The highest BCUT2D eigenvalue weighted by atomic mass is 19.1. The number of benzene rings is 2. The number of hydrogen-bond donors (Lipinski definition) is 2. The first kappa shape index (κ1) is 16.0. The number of pyridine rings is 1. The van der Waals surface area contributed by atoms with Crippen molar-refractivity contribution in [2.75, 3.05) is 5.73 Å². The molecule has 0 radical (unpaired) electrons. The Kier molecular flexibility index (Phi) is 3.73. The molecule has 0 saturated carbocycles. The Hall–Kier alpha value is -3.54. The molecule has 3 N–H and O–H groups in total. The fraction of sp³-hybridized carbons (Fsp3) is 0. The molecule has 0 fully saturated rings. The van der Waals surface area contributed by atoms with Crippen LogP contribution in [0.25, 0.3) is 22.2 Å². The summed E-state index contributed by atoms with van der Waals surface area (Å²) in [5.74, 6) is -2.80. The smallest absolute Gasteiger partial charge is 0.201 e. The third kappa shape index (κ3) is 2.52. The Morgan fingerprint density at radius 1 is 1.04 bits per heavy atom. The van der Waals surface area contributed by atoms with E-state index in [1.807, 2.05) is 30.3 Å². The molecule has 4 nitrogen and oxygen atoms in total. The number of fused-ring (bicyclic) bond motifs is 1. The van der Waals surface area contributed by atoms with E-state index in [1.165, 1.54) is 6.20 Å². The van der Waals surface area contributed by atoms with E-state index in [0.717, 1.165) is 23.3 Å². The molecule has 2 heterocycles.